The Labute approximate surface area is 115 Å². The fourth-order valence-corrected chi connectivity index (χ4v) is 1.81. The van der Waals surface area contributed by atoms with Crippen molar-refractivity contribution in [2.75, 3.05) is 13.2 Å². The summed E-state index contributed by atoms with van der Waals surface area (Å²) in [5, 5.41) is -0.0221. The van der Waals surface area contributed by atoms with Crippen LogP contribution in [0.3, 0.4) is 0 Å². The lowest BCUT2D eigenvalue weighted by Crippen LogP contribution is -2.26. The van der Waals surface area contributed by atoms with Crippen molar-refractivity contribution in [3.05, 3.63) is 34.6 Å². The Hall–Kier alpha value is -1.62. The molecule has 6 heteroatoms. The summed E-state index contributed by atoms with van der Waals surface area (Å²) < 4.78 is 22.6. The fourth-order valence-electron chi connectivity index (χ4n) is 1.54. The van der Waals surface area contributed by atoms with E-state index in [9.17, 15) is 14.0 Å². The molecule has 0 atom stereocenters. The quantitative estimate of drug-likeness (QED) is 0.617. The van der Waals surface area contributed by atoms with E-state index in [4.69, 9.17) is 21.1 Å². The topological polar surface area (TPSA) is 52.6 Å². The SMILES string of the molecule is CCOC(=O)C(C(=O)OCC)c1ccc(F)cc1Cl. The number of ether oxygens (including phenoxy) is 2. The first-order chi connectivity index (χ1) is 9.01. The summed E-state index contributed by atoms with van der Waals surface area (Å²) in [6.45, 7) is 3.47. The van der Waals surface area contributed by atoms with Crippen LogP contribution in [0.25, 0.3) is 0 Å². The van der Waals surface area contributed by atoms with Crippen LogP contribution in [0, 0.1) is 5.82 Å². The molecule has 0 spiro atoms. The van der Waals surface area contributed by atoms with Gasteiger partial charge >= 0.3 is 11.9 Å². The average Bonchev–Trinajstić information content (AvgIpc) is 2.33. The second-order valence-corrected chi connectivity index (χ2v) is 4.01. The summed E-state index contributed by atoms with van der Waals surface area (Å²) in [4.78, 5) is 23.6. The van der Waals surface area contributed by atoms with E-state index in [-0.39, 0.29) is 23.8 Å². The maximum atomic E-state index is 13.0. The molecule has 0 heterocycles. The van der Waals surface area contributed by atoms with Crippen molar-refractivity contribution in [1.82, 2.24) is 0 Å². The van der Waals surface area contributed by atoms with Crippen LogP contribution in [-0.4, -0.2) is 25.2 Å². The molecule has 19 heavy (non-hydrogen) atoms. The molecular weight excluding hydrogens is 275 g/mol. The number of rotatable bonds is 5. The molecule has 0 amide bonds. The second-order valence-electron chi connectivity index (χ2n) is 3.60. The zero-order valence-corrected chi connectivity index (χ0v) is 11.4. The Morgan fingerprint density at radius 2 is 1.74 bits per heavy atom. The number of hydrogen-bond acceptors (Lipinski definition) is 4. The lowest BCUT2D eigenvalue weighted by Gasteiger charge is -2.15. The van der Waals surface area contributed by atoms with Crippen molar-refractivity contribution in [1.29, 1.82) is 0 Å². The van der Waals surface area contributed by atoms with Crippen LogP contribution < -0.4 is 0 Å². The minimum atomic E-state index is -1.30. The third-order valence-electron chi connectivity index (χ3n) is 2.32. The monoisotopic (exact) mass is 288 g/mol. The van der Waals surface area contributed by atoms with Gasteiger partial charge in [0.05, 0.1) is 13.2 Å². The molecule has 1 rings (SSSR count). The number of benzene rings is 1. The normalized spacial score (nSPS) is 10.4. The summed E-state index contributed by atoms with van der Waals surface area (Å²) in [7, 11) is 0. The van der Waals surface area contributed by atoms with Gasteiger partial charge in [0.15, 0.2) is 5.92 Å². The van der Waals surface area contributed by atoms with Gasteiger partial charge in [0, 0.05) is 5.02 Å². The van der Waals surface area contributed by atoms with Crippen molar-refractivity contribution < 1.29 is 23.5 Å². The molecule has 0 saturated heterocycles. The lowest BCUT2D eigenvalue weighted by molar-refractivity contribution is -0.156. The highest BCUT2D eigenvalue weighted by Crippen LogP contribution is 2.27. The third kappa shape index (κ3) is 3.92. The molecule has 0 aromatic heterocycles. The second kappa shape index (κ2) is 7.09. The van der Waals surface area contributed by atoms with E-state index in [2.05, 4.69) is 0 Å². The Balaban J connectivity index is 3.14. The van der Waals surface area contributed by atoms with Gasteiger partial charge in [0.25, 0.3) is 0 Å². The number of esters is 2. The maximum absolute atomic E-state index is 13.0. The first kappa shape index (κ1) is 15.4. The van der Waals surface area contributed by atoms with Crippen molar-refractivity contribution in [3.8, 4) is 0 Å². The van der Waals surface area contributed by atoms with E-state index in [0.29, 0.717) is 0 Å². The molecule has 0 aliphatic rings. The zero-order chi connectivity index (χ0) is 14.4. The molecule has 0 radical (unpaired) electrons. The van der Waals surface area contributed by atoms with Crippen LogP contribution >= 0.6 is 11.6 Å². The number of hydrogen-bond donors (Lipinski definition) is 0. The molecule has 1 aromatic carbocycles. The Morgan fingerprint density at radius 3 is 2.16 bits per heavy atom. The Morgan fingerprint density at radius 1 is 1.21 bits per heavy atom. The first-order valence-electron chi connectivity index (χ1n) is 5.79. The van der Waals surface area contributed by atoms with Crippen LogP contribution in [0.4, 0.5) is 4.39 Å². The standard InChI is InChI=1S/C13H14ClFO4/c1-3-18-12(16)11(13(17)19-4-2)9-6-5-8(15)7-10(9)14/h5-7,11H,3-4H2,1-2H3. The van der Waals surface area contributed by atoms with E-state index in [1.807, 2.05) is 0 Å². The van der Waals surface area contributed by atoms with Gasteiger partial charge in [-0.25, -0.2) is 4.39 Å². The highest BCUT2D eigenvalue weighted by Gasteiger charge is 2.33. The fraction of sp³-hybridized carbons (Fsp3) is 0.385. The summed E-state index contributed by atoms with van der Waals surface area (Å²) in [5.41, 5.74) is 0.167. The van der Waals surface area contributed by atoms with E-state index in [0.717, 1.165) is 12.1 Å². The van der Waals surface area contributed by atoms with Gasteiger partial charge in [-0.3, -0.25) is 9.59 Å². The smallest absolute Gasteiger partial charge is 0.324 e. The van der Waals surface area contributed by atoms with Gasteiger partial charge in [0.1, 0.15) is 5.82 Å². The predicted molar refractivity (Wildman–Crippen MR) is 67.4 cm³/mol. The summed E-state index contributed by atoms with van der Waals surface area (Å²) >= 11 is 5.86. The molecule has 0 fully saturated rings. The molecule has 0 unspecified atom stereocenters. The molecule has 0 bridgehead atoms. The molecule has 0 saturated carbocycles. The van der Waals surface area contributed by atoms with Gasteiger partial charge in [-0.2, -0.15) is 0 Å². The van der Waals surface area contributed by atoms with Crippen LogP contribution in [-0.2, 0) is 19.1 Å². The predicted octanol–water partition coefficient (Wildman–Crippen LogP) is 2.69. The minimum absolute atomic E-state index is 0.0221. The van der Waals surface area contributed by atoms with Gasteiger partial charge in [-0.05, 0) is 31.5 Å². The number of carbonyl (C=O) groups excluding carboxylic acids is 2. The van der Waals surface area contributed by atoms with Crippen LogP contribution in [0.2, 0.25) is 5.02 Å². The number of halogens is 2. The van der Waals surface area contributed by atoms with E-state index in [1.165, 1.54) is 6.07 Å². The highest BCUT2D eigenvalue weighted by molar-refractivity contribution is 6.32. The van der Waals surface area contributed by atoms with Crippen LogP contribution in [0.5, 0.6) is 0 Å². The van der Waals surface area contributed by atoms with Crippen molar-refractivity contribution in [2.45, 2.75) is 19.8 Å². The van der Waals surface area contributed by atoms with E-state index >= 15 is 0 Å². The maximum Gasteiger partial charge on any atom is 0.324 e. The van der Waals surface area contributed by atoms with E-state index in [1.54, 1.807) is 13.8 Å². The van der Waals surface area contributed by atoms with Gasteiger partial charge in [-0.15, -0.1) is 0 Å². The van der Waals surface area contributed by atoms with Crippen LogP contribution in [0.1, 0.15) is 25.3 Å². The molecule has 0 aliphatic carbocycles. The van der Waals surface area contributed by atoms with Crippen molar-refractivity contribution in [3.63, 3.8) is 0 Å². The van der Waals surface area contributed by atoms with Gasteiger partial charge < -0.3 is 9.47 Å². The lowest BCUT2D eigenvalue weighted by atomic mass is 9.99. The first-order valence-corrected chi connectivity index (χ1v) is 6.17. The average molecular weight is 289 g/mol. The molecule has 104 valence electrons. The summed E-state index contributed by atoms with van der Waals surface area (Å²) in [6.07, 6.45) is 0. The Bertz CT molecular complexity index is 458. The molecular formula is C13H14ClFO4. The van der Waals surface area contributed by atoms with Crippen molar-refractivity contribution in [2.24, 2.45) is 0 Å². The highest BCUT2D eigenvalue weighted by atomic mass is 35.5. The molecule has 1 aromatic rings. The third-order valence-corrected chi connectivity index (χ3v) is 2.65. The summed E-state index contributed by atoms with van der Waals surface area (Å²) in [6, 6.07) is 3.42. The minimum Gasteiger partial charge on any atom is -0.465 e. The summed E-state index contributed by atoms with van der Waals surface area (Å²) in [5.74, 6) is -3.39. The number of carbonyl (C=O) groups is 2. The largest absolute Gasteiger partial charge is 0.465 e. The Kier molecular flexibility index (Phi) is 5.76. The zero-order valence-electron chi connectivity index (χ0n) is 10.6. The van der Waals surface area contributed by atoms with Crippen LogP contribution in [0.15, 0.2) is 18.2 Å². The van der Waals surface area contributed by atoms with Crippen molar-refractivity contribution >= 4 is 23.5 Å². The molecule has 4 nitrogen and oxygen atoms in total. The molecule has 0 N–H and O–H groups in total. The molecule has 0 aliphatic heterocycles. The van der Waals surface area contributed by atoms with Gasteiger partial charge in [0.2, 0.25) is 0 Å². The van der Waals surface area contributed by atoms with Gasteiger partial charge in [-0.1, -0.05) is 17.7 Å². The van der Waals surface area contributed by atoms with E-state index < -0.39 is 23.7 Å².